The summed E-state index contributed by atoms with van der Waals surface area (Å²) in [5.74, 6) is 0. The number of hydrogen-bond acceptors (Lipinski definition) is 1. The molecule has 1 unspecified atom stereocenters. The minimum absolute atomic E-state index is 0.0298. The second-order valence-corrected chi connectivity index (χ2v) is 5.31. The molecule has 0 fully saturated rings. The van der Waals surface area contributed by atoms with E-state index in [0.29, 0.717) is 0 Å². The fourth-order valence-corrected chi connectivity index (χ4v) is 2.76. The lowest BCUT2D eigenvalue weighted by Gasteiger charge is -2.16. The van der Waals surface area contributed by atoms with Gasteiger partial charge in [0.25, 0.3) is 0 Å². The average Bonchev–Trinajstić information content (AvgIpc) is 2.49. The predicted octanol–water partition coefficient (Wildman–Crippen LogP) is 4.39. The van der Waals surface area contributed by atoms with Crippen molar-refractivity contribution in [2.24, 2.45) is 5.73 Å². The molecule has 3 rings (SSSR count). The lowest BCUT2D eigenvalue weighted by Crippen LogP contribution is -2.14. The summed E-state index contributed by atoms with van der Waals surface area (Å²) >= 11 is 0. The monoisotopic (exact) mass is 261 g/mol. The Bertz CT molecular complexity index is 725. The second kappa shape index (κ2) is 5.48. The van der Waals surface area contributed by atoms with E-state index in [4.69, 9.17) is 5.73 Å². The Morgan fingerprint density at radius 3 is 2.40 bits per heavy atom. The molecule has 20 heavy (non-hydrogen) atoms. The largest absolute Gasteiger partial charge is 0.324 e. The summed E-state index contributed by atoms with van der Waals surface area (Å²) in [7, 11) is 0. The van der Waals surface area contributed by atoms with Gasteiger partial charge in [-0.3, -0.25) is 0 Å². The van der Waals surface area contributed by atoms with Gasteiger partial charge in [-0.15, -0.1) is 0 Å². The van der Waals surface area contributed by atoms with Gasteiger partial charge in [-0.1, -0.05) is 66.7 Å². The number of rotatable bonds is 3. The zero-order chi connectivity index (χ0) is 13.9. The first-order valence-corrected chi connectivity index (χ1v) is 7.03. The molecule has 0 bridgehead atoms. The van der Waals surface area contributed by atoms with Gasteiger partial charge in [-0.2, -0.15) is 0 Å². The molecular formula is C19H19N. The maximum Gasteiger partial charge on any atom is 0.0342 e. The first kappa shape index (κ1) is 12.9. The molecular weight excluding hydrogens is 242 g/mol. The molecule has 0 saturated heterocycles. The van der Waals surface area contributed by atoms with Crippen LogP contribution in [0.1, 0.15) is 22.7 Å². The Kier molecular flexibility index (Phi) is 3.53. The van der Waals surface area contributed by atoms with Gasteiger partial charge in [-0.05, 0) is 40.8 Å². The zero-order valence-electron chi connectivity index (χ0n) is 11.7. The molecule has 1 atom stereocenters. The van der Waals surface area contributed by atoms with Crippen LogP contribution in [0.3, 0.4) is 0 Å². The first-order chi connectivity index (χ1) is 9.75. The van der Waals surface area contributed by atoms with Crippen molar-refractivity contribution in [1.82, 2.24) is 0 Å². The van der Waals surface area contributed by atoms with Gasteiger partial charge in [0.15, 0.2) is 0 Å². The highest BCUT2D eigenvalue weighted by atomic mass is 14.6. The molecule has 0 aromatic heterocycles. The summed E-state index contributed by atoms with van der Waals surface area (Å²) in [5, 5.41) is 2.52. The first-order valence-electron chi connectivity index (χ1n) is 7.03. The van der Waals surface area contributed by atoms with E-state index >= 15 is 0 Å². The van der Waals surface area contributed by atoms with Gasteiger partial charge < -0.3 is 5.73 Å². The van der Waals surface area contributed by atoms with E-state index in [1.54, 1.807) is 0 Å². The van der Waals surface area contributed by atoms with E-state index < -0.39 is 0 Å². The highest BCUT2D eigenvalue weighted by Gasteiger charge is 2.11. The van der Waals surface area contributed by atoms with Crippen molar-refractivity contribution >= 4 is 10.8 Å². The standard InChI is InChI=1S/C19H19N/c1-14-7-2-3-9-16(14)13-19(20)18-12-6-10-15-8-4-5-11-17(15)18/h2-12,19H,13,20H2,1H3. The summed E-state index contributed by atoms with van der Waals surface area (Å²) in [4.78, 5) is 0. The van der Waals surface area contributed by atoms with Crippen molar-refractivity contribution < 1.29 is 0 Å². The summed E-state index contributed by atoms with van der Waals surface area (Å²) in [6.45, 7) is 2.14. The highest BCUT2D eigenvalue weighted by molar-refractivity contribution is 5.86. The molecule has 0 heterocycles. The lowest BCUT2D eigenvalue weighted by atomic mass is 9.93. The van der Waals surface area contributed by atoms with Crippen LogP contribution in [0, 0.1) is 6.92 Å². The quantitative estimate of drug-likeness (QED) is 0.743. The maximum atomic E-state index is 6.46. The van der Waals surface area contributed by atoms with E-state index in [2.05, 4.69) is 73.7 Å². The average molecular weight is 261 g/mol. The number of fused-ring (bicyclic) bond motifs is 1. The Balaban J connectivity index is 1.97. The van der Waals surface area contributed by atoms with Crippen LogP contribution >= 0.6 is 0 Å². The Hall–Kier alpha value is -2.12. The van der Waals surface area contributed by atoms with E-state index in [1.807, 2.05) is 0 Å². The highest BCUT2D eigenvalue weighted by Crippen LogP contribution is 2.25. The third kappa shape index (κ3) is 2.45. The van der Waals surface area contributed by atoms with E-state index in [9.17, 15) is 0 Å². The molecule has 0 amide bonds. The molecule has 1 heteroatoms. The topological polar surface area (TPSA) is 26.0 Å². The minimum atomic E-state index is 0.0298. The molecule has 100 valence electrons. The molecule has 0 aliphatic carbocycles. The molecule has 0 radical (unpaired) electrons. The van der Waals surface area contributed by atoms with Gasteiger partial charge in [0.2, 0.25) is 0 Å². The van der Waals surface area contributed by atoms with Crippen molar-refractivity contribution in [2.75, 3.05) is 0 Å². The summed E-state index contributed by atoms with van der Waals surface area (Å²) < 4.78 is 0. The fourth-order valence-electron chi connectivity index (χ4n) is 2.76. The number of nitrogens with two attached hydrogens (primary N) is 1. The Labute approximate surface area is 120 Å². The van der Waals surface area contributed by atoms with Gasteiger partial charge >= 0.3 is 0 Å². The van der Waals surface area contributed by atoms with Gasteiger partial charge in [0.05, 0.1) is 0 Å². The molecule has 3 aromatic rings. The second-order valence-electron chi connectivity index (χ2n) is 5.31. The Morgan fingerprint density at radius 1 is 0.850 bits per heavy atom. The molecule has 2 N–H and O–H groups in total. The van der Waals surface area contributed by atoms with Crippen LogP contribution in [-0.4, -0.2) is 0 Å². The molecule has 3 aromatic carbocycles. The van der Waals surface area contributed by atoms with Crippen molar-refractivity contribution in [1.29, 1.82) is 0 Å². The zero-order valence-corrected chi connectivity index (χ0v) is 11.7. The summed E-state index contributed by atoms with van der Waals surface area (Å²) in [6, 6.07) is 23.3. The summed E-state index contributed by atoms with van der Waals surface area (Å²) in [5.41, 5.74) is 10.3. The Morgan fingerprint density at radius 2 is 1.55 bits per heavy atom. The third-order valence-electron chi connectivity index (χ3n) is 3.92. The predicted molar refractivity (Wildman–Crippen MR) is 85.8 cm³/mol. The maximum absolute atomic E-state index is 6.46. The molecule has 0 spiro atoms. The van der Waals surface area contributed by atoms with Crippen LogP contribution in [0.5, 0.6) is 0 Å². The van der Waals surface area contributed by atoms with E-state index in [1.165, 1.54) is 27.5 Å². The molecule has 1 nitrogen and oxygen atoms in total. The van der Waals surface area contributed by atoms with Crippen molar-refractivity contribution in [3.8, 4) is 0 Å². The number of benzene rings is 3. The van der Waals surface area contributed by atoms with Crippen LogP contribution in [0.4, 0.5) is 0 Å². The molecule has 0 aliphatic rings. The number of aryl methyl sites for hydroxylation is 1. The summed E-state index contributed by atoms with van der Waals surface area (Å²) in [6.07, 6.45) is 0.876. The van der Waals surface area contributed by atoms with Crippen molar-refractivity contribution in [3.05, 3.63) is 83.4 Å². The SMILES string of the molecule is Cc1ccccc1CC(N)c1cccc2ccccc12. The van der Waals surface area contributed by atoms with Crippen molar-refractivity contribution in [3.63, 3.8) is 0 Å². The smallest absolute Gasteiger partial charge is 0.0342 e. The van der Waals surface area contributed by atoms with Crippen LogP contribution in [0.2, 0.25) is 0 Å². The normalized spacial score (nSPS) is 12.5. The third-order valence-corrected chi connectivity index (χ3v) is 3.92. The van der Waals surface area contributed by atoms with E-state index in [-0.39, 0.29) is 6.04 Å². The fraction of sp³-hybridized carbons (Fsp3) is 0.158. The van der Waals surface area contributed by atoms with Gasteiger partial charge in [0, 0.05) is 6.04 Å². The lowest BCUT2D eigenvalue weighted by molar-refractivity contribution is 0.725. The molecule has 0 aliphatic heterocycles. The number of hydrogen-bond donors (Lipinski definition) is 1. The van der Waals surface area contributed by atoms with Crippen LogP contribution in [-0.2, 0) is 6.42 Å². The van der Waals surface area contributed by atoms with Crippen LogP contribution in [0.15, 0.2) is 66.7 Å². The van der Waals surface area contributed by atoms with Gasteiger partial charge in [0.1, 0.15) is 0 Å². The van der Waals surface area contributed by atoms with E-state index in [0.717, 1.165) is 6.42 Å². The van der Waals surface area contributed by atoms with Gasteiger partial charge in [-0.25, -0.2) is 0 Å². The van der Waals surface area contributed by atoms with Crippen molar-refractivity contribution in [2.45, 2.75) is 19.4 Å². The minimum Gasteiger partial charge on any atom is -0.324 e. The molecule has 0 saturated carbocycles. The van der Waals surface area contributed by atoms with Crippen LogP contribution in [0.25, 0.3) is 10.8 Å². The van der Waals surface area contributed by atoms with Crippen LogP contribution < -0.4 is 5.73 Å².